The van der Waals surface area contributed by atoms with Crippen LogP contribution in [0.15, 0.2) is 61.3 Å². The fourth-order valence-corrected chi connectivity index (χ4v) is 7.06. The number of Topliss-reactive ketones (excluding diaryl/α,β-unsaturated/α-hetero) is 1. The van der Waals surface area contributed by atoms with Crippen molar-refractivity contribution >= 4 is 35.1 Å². The van der Waals surface area contributed by atoms with Gasteiger partial charge in [0.05, 0.1) is 35.1 Å². The van der Waals surface area contributed by atoms with Gasteiger partial charge in [0.1, 0.15) is 19.0 Å². The Kier molecular flexibility index (Phi) is 11.2. The normalized spacial score (nSPS) is 20.1. The lowest BCUT2D eigenvalue weighted by Gasteiger charge is -2.42. The molecule has 270 valence electrons. The van der Waals surface area contributed by atoms with Crippen LogP contribution in [0.5, 0.6) is 5.75 Å². The molecule has 3 aliphatic rings. The maximum Gasteiger partial charge on any atom is 0.416 e. The van der Waals surface area contributed by atoms with Gasteiger partial charge in [0.2, 0.25) is 5.91 Å². The molecular formula is C39H46N4O8. The number of nitrogens with zero attached hydrogens (tertiary/aromatic N) is 3. The number of fused-ring (bicyclic) bond motifs is 2. The minimum Gasteiger partial charge on any atom is -0.489 e. The summed E-state index contributed by atoms with van der Waals surface area (Å²) in [6.45, 7) is 8.34. The van der Waals surface area contributed by atoms with E-state index in [9.17, 15) is 19.2 Å². The van der Waals surface area contributed by atoms with Crippen molar-refractivity contribution in [3.05, 3.63) is 89.3 Å². The Hall–Kier alpha value is -4.94. The van der Waals surface area contributed by atoms with Gasteiger partial charge < -0.3 is 33.7 Å². The molecule has 0 bridgehead atoms. The van der Waals surface area contributed by atoms with E-state index in [1.165, 1.54) is 17.9 Å². The first-order chi connectivity index (χ1) is 24.6. The van der Waals surface area contributed by atoms with Crippen LogP contribution in [0.3, 0.4) is 0 Å². The molecule has 3 amide bonds. The third kappa shape index (κ3) is 8.18. The van der Waals surface area contributed by atoms with Gasteiger partial charge in [0.25, 0.3) is 5.91 Å². The summed E-state index contributed by atoms with van der Waals surface area (Å²) in [5.74, 6) is 0.0279. The minimum atomic E-state index is -0.834. The number of ether oxygens (including phenoxy) is 4. The molecule has 0 aliphatic carbocycles. The van der Waals surface area contributed by atoms with Crippen LogP contribution >= 0.6 is 0 Å². The predicted octanol–water partition coefficient (Wildman–Crippen LogP) is 6.30. The van der Waals surface area contributed by atoms with Crippen molar-refractivity contribution < 1.29 is 38.1 Å². The van der Waals surface area contributed by atoms with Crippen molar-refractivity contribution in [3.63, 3.8) is 0 Å². The average Bonchev–Trinajstić information content (AvgIpc) is 3.46. The minimum absolute atomic E-state index is 0.00593. The summed E-state index contributed by atoms with van der Waals surface area (Å²) in [4.78, 5) is 56.0. The number of anilines is 2. The highest BCUT2D eigenvalue weighted by Crippen LogP contribution is 2.40. The number of amides is 3. The van der Waals surface area contributed by atoms with Gasteiger partial charge >= 0.3 is 6.09 Å². The van der Waals surface area contributed by atoms with Crippen LogP contribution in [0.1, 0.15) is 83.0 Å². The molecular weight excluding hydrogens is 652 g/mol. The second kappa shape index (κ2) is 15.9. The highest BCUT2D eigenvalue weighted by molar-refractivity contribution is 6.05. The van der Waals surface area contributed by atoms with Crippen molar-refractivity contribution in [1.82, 2.24) is 9.47 Å². The molecule has 0 radical (unpaired) electrons. The van der Waals surface area contributed by atoms with Gasteiger partial charge in [-0.05, 0) is 74.3 Å². The molecule has 2 saturated heterocycles. The maximum absolute atomic E-state index is 14.2. The number of rotatable bonds is 11. The van der Waals surface area contributed by atoms with E-state index in [2.05, 4.69) is 11.9 Å². The highest BCUT2D eigenvalue weighted by Gasteiger charge is 2.46. The van der Waals surface area contributed by atoms with E-state index in [0.717, 1.165) is 42.4 Å². The molecule has 6 rings (SSSR count). The lowest BCUT2D eigenvalue weighted by Crippen LogP contribution is -2.57. The molecule has 2 aromatic carbocycles. The van der Waals surface area contributed by atoms with Crippen molar-refractivity contribution in [2.75, 3.05) is 30.0 Å². The molecule has 51 heavy (non-hydrogen) atoms. The van der Waals surface area contributed by atoms with E-state index in [-0.39, 0.29) is 43.3 Å². The Morgan fingerprint density at radius 3 is 2.61 bits per heavy atom. The zero-order valence-corrected chi connectivity index (χ0v) is 29.5. The molecule has 2 unspecified atom stereocenters. The third-order valence-corrected chi connectivity index (χ3v) is 9.53. The van der Waals surface area contributed by atoms with Crippen molar-refractivity contribution in [3.8, 4) is 5.75 Å². The van der Waals surface area contributed by atoms with Crippen molar-refractivity contribution in [2.45, 2.75) is 84.0 Å². The third-order valence-electron chi connectivity index (χ3n) is 9.53. The van der Waals surface area contributed by atoms with Crippen LogP contribution in [-0.4, -0.2) is 71.5 Å². The van der Waals surface area contributed by atoms with E-state index in [4.69, 9.17) is 18.9 Å². The van der Waals surface area contributed by atoms with Gasteiger partial charge in [0.15, 0.2) is 18.3 Å². The van der Waals surface area contributed by atoms with E-state index in [1.807, 2.05) is 36.1 Å². The van der Waals surface area contributed by atoms with E-state index in [1.54, 1.807) is 36.0 Å². The Labute approximate surface area is 298 Å². The fourth-order valence-electron chi connectivity index (χ4n) is 7.06. The summed E-state index contributed by atoms with van der Waals surface area (Å²) >= 11 is 0. The van der Waals surface area contributed by atoms with Gasteiger partial charge in [-0.15, -0.1) is 0 Å². The number of aryl methyl sites for hydroxylation is 2. The first-order valence-corrected chi connectivity index (χ1v) is 17.6. The average molecular weight is 699 g/mol. The zero-order valence-electron chi connectivity index (χ0n) is 29.5. The summed E-state index contributed by atoms with van der Waals surface area (Å²) in [5, 5.41) is 2.86. The topological polar surface area (TPSA) is 129 Å². The largest absolute Gasteiger partial charge is 0.489 e. The number of carbonyl (C=O) groups is 4. The quantitative estimate of drug-likeness (QED) is 0.183. The number of carbonyl (C=O) groups excluding carboxylic acids is 4. The Balaban J connectivity index is 1.25. The summed E-state index contributed by atoms with van der Waals surface area (Å²) < 4.78 is 26.2. The maximum atomic E-state index is 14.2. The zero-order chi connectivity index (χ0) is 36.1. The van der Waals surface area contributed by atoms with Gasteiger partial charge in [-0.1, -0.05) is 36.9 Å². The first-order valence-electron chi connectivity index (χ1n) is 17.6. The van der Waals surface area contributed by atoms with E-state index in [0.29, 0.717) is 54.4 Å². The molecule has 3 aliphatic heterocycles. The second-order valence-corrected chi connectivity index (χ2v) is 13.4. The van der Waals surface area contributed by atoms with Crippen molar-refractivity contribution in [1.29, 1.82) is 0 Å². The Bertz CT molecular complexity index is 1800. The lowest BCUT2D eigenvalue weighted by molar-refractivity contribution is -0.198. The van der Waals surface area contributed by atoms with E-state index < -0.39 is 18.6 Å². The standard InChI is InChI=1S/C39H46N4O8/c1-5-16-49-39(47)43-33-22-34(50-24-28-12-10-11-27(19-28)20-35(45)40-29-21-32(26(3)44)41(4)23-29)25(2)18-30(33)37(46)42-15-8-6-13-31(42)38(43)51-36-14-7-9-17-48-36/h5,10-12,18-19,21-23,31,36,38H,1,6-9,13-17,20,24H2,2-4H3,(H,40,45)/t31-,36?,38?/m0/s1. The molecule has 0 saturated carbocycles. The molecule has 12 nitrogen and oxygen atoms in total. The summed E-state index contributed by atoms with van der Waals surface area (Å²) in [6, 6.07) is 12.3. The number of hydrogen-bond donors (Lipinski definition) is 1. The molecule has 4 heterocycles. The number of ketones is 1. The van der Waals surface area contributed by atoms with Crippen LogP contribution in [0.4, 0.5) is 16.2 Å². The predicted molar refractivity (Wildman–Crippen MR) is 191 cm³/mol. The fraction of sp³-hybridized carbons (Fsp3) is 0.436. The molecule has 3 atom stereocenters. The summed E-state index contributed by atoms with van der Waals surface area (Å²) in [5.41, 5.74) is 4.15. The second-order valence-electron chi connectivity index (χ2n) is 13.4. The summed E-state index contributed by atoms with van der Waals surface area (Å²) in [7, 11) is 1.76. The SMILES string of the molecule is C=CCOC(=O)N1c2cc(OCc3cccc(CC(=O)Nc4cc(C(C)=O)n(C)c4)c3)c(C)cc2C(=O)N2CCCC[C@H]2C1OC1CCCCO1. The number of aromatic nitrogens is 1. The molecule has 0 spiro atoms. The lowest BCUT2D eigenvalue weighted by atomic mass is 10.00. The highest BCUT2D eigenvalue weighted by atomic mass is 16.7. The molecule has 12 heteroatoms. The van der Waals surface area contributed by atoms with Crippen LogP contribution in [0.25, 0.3) is 0 Å². The summed E-state index contributed by atoms with van der Waals surface area (Å²) in [6.07, 6.45) is 6.35. The number of hydrogen-bond acceptors (Lipinski definition) is 8. The van der Waals surface area contributed by atoms with Crippen molar-refractivity contribution in [2.24, 2.45) is 7.05 Å². The number of benzene rings is 2. The molecule has 1 N–H and O–H groups in total. The molecule has 1 aromatic heterocycles. The van der Waals surface area contributed by atoms with Crippen LogP contribution in [-0.2, 0) is 39.1 Å². The monoisotopic (exact) mass is 698 g/mol. The molecule has 3 aromatic rings. The smallest absolute Gasteiger partial charge is 0.416 e. The van der Waals surface area contributed by atoms with Gasteiger partial charge in [-0.3, -0.25) is 14.4 Å². The van der Waals surface area contributed by atoms with E-state index >= 15 is 0 Å². The first kappa shape index (κ1) is 35.9. The number of nitrogens with one attached hydrogen (secondary N) is 1. The van der Waals surface area contributed by atoms with Crippen LogP contribution in [0, 0.1) is 6.92 Å². The van der Waals surface area contributed by atoms with Gasteiger partial charge in [0, 0.05) is 39.4 Å². The van der Waals surface area contributed by atoms with Gasteiger partial charge in [-0.2, -0.15) is 0 Å². The Morgan fingerprint density at radius 1 is 1.06 bits per heavy atom. The van der Waals surface area contributed by atoms with Gasteiger partial charge in [-0.25, -0.2) is 9.69 Å². The Morgan fingerprint density at radius 2 is 1.86 bits per heavy atom. The number of piperidine rings is 1. The van der Waals surface area contributed by atoms with Crippen LogP contribution in [0.2, 0.25) is 0 Å². The molecule has 2 fully saturated rings. The van der Waals surface area contributed by atoms with Crippen LogP contribution < -0.4 is 15.0 Å².